The molecule has 0 fully saturated rings. The molecule has 0 saturated heterocycles. The second-order valence-electron chi connectivity index (χ2n) is 4.39. The van der Waals surface area contributed by atoms with Crippen LogP contribution in [0.25, 0.3) is 0 Å². The van der Waals surface area contributed by atoms with Crippen LogP contribution in [0.4, 0.5) is 5.69 Å². The van der Waals surface area contributed by atoms with Gasteiger partial charge in [-0.05, 0) is 43.3 Å². The summed E-state index contributed by atoms with van der Waals surface area (Å²) in [6, 6.07) is 14.5. The summed E-state index contributed by atoms with van der Waals surface area (Å²) in [6.07, 6.45) is 0. The van der Waals surface area contributed by atoms with Gasteiger partial charge in [0.05, 0.1) is 10.6 Å². The number of hydrogen-bond donors (Lipinski definition) is 1. The van der Waals surface area contributed by atoms with Gasteiger partial charge in [0.25, 0.3) is 10.0 Å². The predicted molar refractivity (Wildman–Crippen MR) is 81.6 cm³/mol. The first kappa shape index (κ1) is 15.1. The zero-order chi connectivity index (χ0) is 15.5. The van der Waals surface area contributed by atoms with Crippen molar-refractivity contribution in [1.82, 2.24) is 0 Å². The van der Waals surface area contributed by atoms with Crippen molar-refractivity contribution < 1.29 is 13.2 Å². The molecule has 0 bridgehead atoms. The summed E-state index contributed by atoms with van der Waals surface area (Å²) in [5.74, 6) is -0.589. The van der Waals surface area contributed by atoms with Crippen molar-refractivity contribution in [2.45, 2.75) is 11.8 Å². The zero-order valence-corrected chi connectivity index (χ0v) is 12.4. The van der Waals surface area contributed by atoms with Crippen molar-refractivity contribution in [3.63, 3.8) is 0 Å². The molecule has 2 aromatic rings. The fourth-order valence-electron chi connectivity index (χ4n) is 2.00. The molecule has 0 aliphatic heterocycles. The van der Waals surface area contributed by atoms with Gasteiger partial charge in [-0.25, -0.2) is 8.42 Å². The number of hydrogen-bond acceptors (Lipinski definition) is 3. The summed E-state index contributed by atoms with van der Waals surface area (Å²) in [7, 11) is -3.67. The molecule has 0 heterocycles. The van der Waals surface area contributed by atoms with Crippen molar-refractivity contribution >= 4 is 21.6 Å². The van der Waals surface area contributed by atoms with Gasteiger partial charge in [0.1, 0.15) is 0 Å². The molecule has 2 rings (SSSR count). The van der Waals surface area contributed by atoms with Crippen LogP contribution in [-0.2, 0) is 10.0 Å². The lowest BCUT2D eigenvalue weighted by Gasteiger charge is -2.22. The summed E-state index contributed by atoms with van der Waals surface area (Å²) >= 11 is 0. The Hall–Kier alpha value is -2.34. The molecule has 0 spiro atoms. The first-order chi connectivity index (χ1) is 9.96. The van der Waals surface area contributed by atoms with E-state index in [1.807, 2.05) is 6.07 Å². The van der Waals surface area contributed by atoms with Crippen molar-refractivity contribution in [2.75, 3.05) is 10.8 Å². The number of benzene rings is 2. The number of sulfonamides is 1. The Kier molecular flexibility index (Phi) is 4.28. The highest BCUT2D eigenvalue weighted by Crippen LogP contribution is 2.23. The highest BCUT2D eigenvalue weighted by molar-refractivity contribution is 7.92. The number of para-hydroxylation sites is 1. The highest BCUT2D eigenvalue weighted by atomic mass is 32.2. The van der Waals surface area contributed by atoms with E-state index >= 15 is 0 Å². The van der Waals surface area contributed by atoms with Crippen molar-refractivity contribution in [2.24, 2.45) is 5.73 Å². The van der Waals surface area contributed by atoms with E-state index in [2.05, 4.69) is 0 Å². The van der Waals surface area contributed by atoms with Crippen LogP contribution in [0.15, 0.2) is 59.5 Å². The number of rotatable bonds is 5. The molecule has 0 atom stereocenters. The Morgan fingerprint density at radius 1 is 1.05 bits per heavy atom. The lowest BCUT2D eigenvalue weighted by atomic mass is 10.2. The van der Waals surface area contributed by atoms with Gasteiger partial charge in [-0.2, -0.15) is 0 Å². The topological polar surface area (TPSA) is 80.5 Å². The smallest absolute Gasteiger partial charge is 0.264 e. The van der Waals surface area contributed by atoms with E-state index < -0.39 is 15.9 Å². The minimum atomic E-state index is -3.67. The molecule has 21 heavy (non-hydrogen) atoms. The van der Waals surface area contributed by atoms with E-state index in [1.54, 1.807) is 31.2 Å². The van der Waals surface area contributed by atoms with Crippen LogP contribution in [0.5, 0.6) is 0 Å². The number of carbonyl (C=O) groups excluding carboxylic acids is 1. The van der Waals surface area contributed by atoms with Crippen LogP contribution in [0.1, 0.15) is 17.3 Å². The number of primary amides is 1. The Morgan fingerprint density at radius 3 is 2.10 bits per heavy atom. The summed E-state index contributed by atoms with van der Waals surface area (Å²) < 4.78 is 26.6. The van der Waals surface area contributed by atoms with Gasteiger partial charge in [0, 0.05) is 12.1 Å². The fraction of sp³-hybridized carbons (Fsp3) is 0.133. The quantitative estimate of drug-likeness (QED) is 0.917. The van der Waals surface area contributed by atoms with E-state index in [4.69, 9.17) is 5.73 Å². The first-order valence-electron chi connectivity index (χ1n) is 6.44. The predicted octanol–water partition coefficient (Wildman–Crippen LogP) is 2.00. The molecule has 2 aromatic carbocycles. The Labute approximate surface area is 124 Å². The van der Waals surface area contributed by atoms with Gasteiger partial charge >= 0.3 is 0 Å². The molecule has 1 amide bonds. The molecule has 6 heteroatoms. The van der Waals surface area contributed by atoms with Crippen LogP contribution in [0.3, 0.4) is 0 Å². The van der Waals surface area contributed by atoms with E-state index in [-0.39, 0.29) is 10.5 Å². The third kappa shape index (κ3) is 3.05. The molecule has 0 aliphatic rings. The maximum atomic E-state index is 12.7. The number of nitrogens with two attached hydrogens (primary N) is 1. The van der Waals surface area contributed by atoms with Gasteiger partial charge < -0.3 is 5.73 Å². The van der Waals surface area contributed by atoms with E-state index in [0.29, 0.717) is 12.2 Å². The molecule has 0 unspecified atom stereocenters. The summed E-state index contributed by atoms with van der Waals surface area (Å²) in [5, 5.41) is 0. The largest absolute Gasteiger partial charge is 0.366 e. The lowest BCUT2D eigenvalue weighted by Crippen LogP contribution is -2.30. The molecular formula is C15H16N2O3S. The standard InChI is InChI=1S/C15H16N2O3S/c1-2-17(13-6-4-3-5-7-13)21(19,20)14-10-8-12(9-11-14)15(16)18/h3-11H,2H2,1H3,(H2,16,18). The molecule has 0 aromatic heterocycles. The second kappa shape index (κ2) is 5.97. The molecule has 0 saturated carbocycles. The highest BCUT2D eigenvalue weighted by Gasteiger charge is 2.23. The first-order valence-corrected chi connectivity index (χ1v) is 7.88. The van der Waals surface area contributed by atoms with Crippen LogP contribution < -0.4 is 10.0 Å². The van der Waals surface area contributed by atoms with Gasteiger partial charge in [-0.15, -0.1) is 0 Å². The van der Waals surface area contributed by atoms with Gasteiger partial charge in [-0.1, -0.05) is 18.2 Å². The van der Waals surface area contributed by atoms with Crippen molar-refractivity contribution in [3.8, 4) is 0 Å². The number of nitrogens with zero attached hydrogens (tertiary/aromatic N) is 1. The minimum absolute atomic E-state index is 0.123. The number of carbonyl (C=O) groups is 1. The SMILES string of the molecule is CCN(c1ccccc1)S(=O)(=O)c1ccc(C(N)=O)cc1. The van der Waals surface area contributed by atoms with Crippen LogP contribution in [0, 0.1) is 0 Å². The third-order valence-corrected chi connectivity index (χ3v) is 4.98. The van der Waals surface area contributed by atoms with E-state index in [9.17, 15) is 13.2 Å². The zero-order valence-electron chi connectivity index (χ0n) is 11.6. The lowest BCUT2D eigenvalue weighted by molar-refractivity contribution is 0.1000. The average Bonchev–Trinajstić information content (AvgIpc) is 2.49. The Morgan fingerprint density at radius 2 is 1.62 bits per heavy atom. The van der Waals surface area contributed by atoms with E-state index in [0.717, 1.165) is 0 Å². The monoisotopic (exact) mass is 304 g/mol. The Bertz CT molecular complexity index is 725. The average molecular weight is 304 g/mol. The van der Waals surface area contributed by atoms with Crippen LogP contribution >= 0.6 is 0 Å². The summed E-state index contributed by atoms with van der Waals surface area (Å²) in [5.41, 5.74) is 6.02. The maximum Gasteiger partial charge on any atom is 0.264 e. The van der Waals surface area contributed by atoms with Crippen LogP contribution in [-0.4, -0.2) is 20.9 Å². The molecule has 0 radical (unpaired) electrons. The third-order valence-electron chi connectivity index (χ3n) is 3.06. The number of amides is 1. The van der Waals surface area contributed by atoms with Crippen molar-refractivity contribution in [3.05, 3.63) is 60.2 Å². The number of anilines is 1. The summed E-state index contributed by atoms with van der Waals surface area (Å²) in [4.78, 5) is 11.2. The molecule has 110 valence electrons. The fourth-order valence-corrected chi connectivity index (χ4v) is 3.48. The van der Waals surface area contributed by atoms with Gasteiger partial charge in [-0.3, -0.25) is 9.10 Å². The van der Waals surface area contributed by atoms with Crippen molar-refractivity contribution in [1.29, 1.82) is 0 Å². The molecule has 2 N–H and O–H groups in total. The normalized spacial score (nSPS) is 11.1. The molecule has 5 nitrogen and oxygen atoms in total. The minimum Gasteiger partial charge on any atom is -0.366 e. The summed E-state index contributed by atoms with van der Waals surface area (Å²) in [6.45, 7) is 2.08. The Balaban J connectivity index is 2.42. The molecular weight excluding hydrogens is 288 g/mol. The molecule has 0 aliphatic carbocycles. The van der Waals surface area contributed by atoms with Gasteiger partial charge in [0.15, 0.2) is 0 Å². The second-order valence-corrected chi connectivity index (χ2v) is 6.26. The van der Waals surface area contributed by atoms with Crippen LogP contribution in [0.2, 0.25) is 0 Å². The van der Waals surface area contributed by atoms with E-state index in [1.165, 1.54) is 28.6 Å². The van der Waals surface area contributed by atoms with Gasteiger partial charge in [0.2, 0.25) is 5.91 Å². The maximum absolute atomic E-state index is 12.7.